The molecule has 1 heterocycles. The van der Waals surface area contributed by atoms with E-state index in [0.29, 0.717) is 13.0 Å². The van der Waals surface area contributed by atoms with Crippen molar-refractivity contribution in [1.29, 1.82) is 0 Å². The van der Waals surface area contributed by atoms with Crippen LogP contribution in [0, 0.1) is 5.82 Å². The Morgan fingerprint density at radius 3 is 2.89 bits per heavy atom. The molecule has 3 N–H and O–H groups in total. The van der Waals surface area contributed by atoms with E-state index in [4.69, 9.17) is 5.73 Å². The van der Waals surface area contributed by atoms with E-state index >= 15 is 0 Å². The molecule has 0 spiro atoms. The number of aromatic nitrogens is 1. The molecule has 2 rings (SSSR count). The van der Waals surface area contributed by atoms with Gasteiger partial charge in [0.05, 0.1) is 0 Å². The normalized spacial score (nSPS) is 10.2. The van der Waals surface area contributed by atoms with Crippen LogP contribution in [0.5, 0.6) is 0 Å². The number of nitrogens with zero attached hydrogens (tertiary/aromatic N) is 1. The minimum Gasteiger partial charge on any atom is -0.399 e. The number of amides is 1. The van der Waals surface area contributed by atoms with Crippen molar-refractivity contribution >= 4 is 11.6 Å². The molecule has 0 bridgehead atoms. The van der Waals surface area contributed by atoms with Gasteiger partial charge in [0.1, 0.15) is 5.82 Å². The first kappa shape index (κ1) is 13.0. The van der Waals surface area contributed by atoms with Gasteiger partial charge in [-0.3, -0.25) is 9.78 Å². The van der Waals surface area contributed by atoms with Crippen LogP contribution in [-0.2, 0) is 6.42 Å². The number of nitrogens with one attached hydrogen (secondary N) is 1. The molecule has 1 amide bonds. The summed E-state index contributed by atoms with van der Waals surface area (Å²) in [4.78, 5) is 15.8. The number of hydrogen-bond donors (Lipinski definition) is 2. The van der Waals surface area contributed by atoms with Gasteiger partial charge in [0.15, 0.2) is 0 Å². The standard InChI is InChI=1S/C14H14FN3O/c15-12-6-11(7-13(16)8-12)14(19)18-5-3-10-2-1-4-17-9-10/h1-2,4,6-9H,3,5,16H2,(H,18,19). The van der Waals surface area contributed by atoms with Gasteiger partial charge in [-0.15, -0.1) is 0 Å². The maximum Gasteiger partial charge on any atom is 0.251 e. The summed E-state index contributed by atoms with van der Waals surface area (Å²) in [5.41, 5.74) is 6.98. The Labute approximate surface area is 110 Å². The summed E-state index contributed by atoms with van der Waals surface area (Å²) in [6.07, 6.45) is 4.11. The molecule has 5 heteroatoms. The highest BCUT2D eigenvalue weighted by molar-refractivity contribution is 5.95. The summed E-state index contributed by atoms with van der Waals surface area (Å²) in [6.45, 7) is 0.459. The van der Waals surface area contributed by atoms with Crippen molar-refractivity contribution in [2.75, 3.05) is 12.3 Å². The Morgan fingerprint density at radius 2 is 2.21 bits per heavy atom. The lowest BCUT2D eigenvalue weighted by molar-refractivity contribution is 0.0953. The molecule has 1 aromatic carbocycles. The second-order valence-electron chi connectivity index (χ2n) is 4.14. The molecule has 0 aliphatic carbocycles. The number of nitrogens with two attached hydrogens (primary N) is 1. The molecule has 19 heavy (non-hydrogen) atoms. The van der Waals surface area contributed by atoms with Crippen molar-refractivity contribution in [3.05, 3.63) is 59.7 Å². The zero-order chi connectivity index (χ0) is 13.7. The fourth-order valence-corrected chi connectivity index (χ4v) is 1.71. The van der Waals surface area contributed by atoms with Crippen LogP contribution in [0.25, 0.3) is 0 Å². The van der Waals surface area contributed by atoms with Gasteiger partial charge in [0.2, 0.25) is 0 Å². The summed E-state index contributed by atoms with van der Waals surface area (Å²) < 4.78 is 13.1. The number of nitrogen functional groups attached to an aromatic ring is 1. The molecule has 0 atom stereocenters. The van der Waals surface area contributed by atoms with E-state index in [2.05, 4.69) is 10.3 Å². The molecule has 0 radical (unpaired) electrons. The average Bonchev–Trinajstić information content (AvgIpc) is 2.38. The fraction of sp³-hybridized carbons (Fsp3) is 0.143. The van der Waals surface area contributed by atoms with E-state index in [9.17, 15) is 9.18 Å². The largest absolute Gasteiger partial charge is 0.399 e. The van der Waals surface area contributed by atoms with Crippen molar-refractivity contribution in [2.45, 2.75) is 6.42 Å². The molecule has 1 aromatic heterocycles. The number of benzene rings is 1. The number of halogens is 1. The van der Waals surface area contributed by atoms with Crippen molar-refractivity contribution in [1.82, 2.24) is 10.3 Å². The van der Waals surface area contributed by atoms with Crippen LogP contribution in [0.4, 0.5) is 10.1 Å². The molecule has 0 saturated carbocycles. The highest BCUT2D eigenvalue weighted by Crippen LogP contribution is 2.10. The first-order valence-electron chi connectivity index (χ1n) is 5.88. The third kappa shape index (κ3) is 3.77. The first-order valence-corrected chi connectivity index (χ1v) is 5.88. The zero-order valence-electron chi connectivity index (χ0n) is 10.3. The zero-order valence-corrected chi connectivity index (χ0v) is 10.3. The smallest absolute Gasteiger partial charge is 0.251 e. The van der Waals surface area contributed by atoms with Crippen LogP contribution in [0.1, 0.15) is 15.9 Å². The molecule has 0 unspecified atom stereocenters. The van der Waals surface area contributed by atoms with Crippen LogP contribution >= 0.6 is 0 Å². The van der Waals surface area contributed by atoms with Crippen molar-refractivity contribution in [3.8, 4) is 0 Å². The van der Waals surface area contributed by atoms with Crippen LogP contribution in [-0.4, -0.2) is 17.4 Å². The lowest BCUT2D eigenvalue weighted by atomic mass is 10.1. The van der Waals surface area contributed by atoms with Gasteiger partial charge in [-0.05, 0) is 36.2 Å². The lowest BCUT2D eigenvalue weighted by Crippen LogP contribution is -2.25. The molecular weight excluding hydrogens is 245 g/mol. The minimum atomic E-state index is -0.516. The predicted molar refractivity (Wildman–Crippen MR) is 71.1 cm³/mol. The summed E-state index contributed by atoms with van der Waals surface area (Å²) >= 11 is 0. The number of carbonyl (C=O) groups is 1. The Balaban J connectivity index is 1.91. The van der Waals surface area contributed by atoms with E-state index in [1.54, 1.807) is 12.4 Å². The molecule has 0 fully saturated rings. The van der Waals surface area contributed by atoms with Gasteiger partial charge in [-0.2, -0.15) is 0 Å². The van der Waals surface area contributed by atoms with Crippen LogP contribution in [0.15, 0.2) is 42.7 Å². The number of carbonyl (C=O) groups excluding carboxylic acids is 1. The van der Waals surface area contributed by atoms with Crippen LogP contribution in [0.2, 0.25) is 0 Å². The third-order valence-corrected chi connectivity index (χ3v) is 2.60. The van der Waals surface area contributed by atoms with Gasteiger partial charge in [0, 0.05) is 30.2 Å². The lowest BCUT2D eigenvalue weighted by Gasteiger charge is -2.06. The number of anilines is 1. The molecular formula is C14H14FN3O. The van der Waals surface area contributed by atoms with Crippen molar-refractivity contribution < 1.29 is 9.18 Å². The van der Waals surface area contributed by atoms with Gasteiger partial charge in [-0.25, -0.2) is 4.39 Å². The van der Waals surface area contributed by atoms with Crippen molar-refractivity contribution in [3.63, 3.8) is 0 Å². The van der Waals surface area contributed by atoms with E-state index < -0.39 is 5.82 Å². The SMILES string of the molecule is Nc1cc(F)cc(C(=O)NCCc2cccnc2)c1. The number of hydrogen-bond acceptors (Lipinski definition) is 3. The summed E-state index contributed by atoms with van der Waals surface area (Å²) in [5.74, 6) is -0.854. The quantitative estimate of drug-likeness (QED) is 0.822. The second kappa shape index (κ2) is 5.95. The average molecular weight is 259 g/mol. The maximum absolute atomic E-state index is 13.1. The molecule has 0 aliphatic rings. The summed E-state index contributed by atoms with van der Waals surface area (Å²) in [7, 11) is 0. The maximum atomic E-state index is 13.1. The molecule has 98 valence electrons. The predicted octanol–water partition coefficient (Wildman–Crippen LogP) is 1.78. The number of rotatable bonds is 4. The summed E-state index contributed by atoms with van der Waals surface area (Å²) in [6, 6.07) is 7.55. The third-order valence-electron chi connectivity index (χ3n) is 2.60. The monoisotopic (exact) mass is 259 g/mol. The van der Waals surface area contributed by atoms with Gasteiger partial charge in [0.25, 0.3) is 5.91 Å². The topological polar surface area (TPSA) is 68.0 Å². The highest BCUT2D eigenvalue weighted by Gasteiger charge is 2.07. The van der Waals surface area contributed by atoms with Crippen molar-refractivity contribution in [2.24, 2.45) is 0 Å². The van der Waals surface area contributed by atoms with Gasteiger partial charge < -0.3 is 11.1 Å². The van der Waals surface area contributed by atoms with Crippen LogP contribution in [0.3, 0.4) is 0 Å². The van der Waals surface area contributed by atoms with Crippen LogP contribution < -0.4 is 11.1 Å². The fourth-order valence-electron chi connectivity index (χ4n) is 1.71. The molecule has 0 saturated heterocycles. The van der Waals surface area contributed by atoms with Gasteiger partial charge in [-0.1, -0.05) is 6.07 Å². The highest BCUT2D eigenvalue weighted by atomic mass is 19.1. The minimum absolute atomic E-state index is 0.226. The Morgan fingerprint density at radius 1 is 1.37 bits per heavy atom. The van der Waals surface area contributed by atoms with Gasteiger partial charge >= 0.3 is 0 Å². The Bertz CT molecular complexity index is 552. The van der Waals surface area contributed by atoms with E-state index in [1.807, 2.05) is 12.1 Å². The molecule has 2 aromatic rings. The van der Waals surface area contributed by atoms with E-state index in [1.165, 1.54) is 12.1 Å². The number of pyridine rings is 1. The Kier molecular flexibility index (Phi) is 4.07. The Hall–Kier alpha value is -2.43. The first-order chi connectivity index (χ1) is 9.15. The van der Waals surface area contributed by atoms with E-state index in [0.717, 1.165) is 11.6 Å². The second-order valence-corrected chi connectivity index (χ2v) is 4.14. The molecule has 4 nitrogen and oxygen atoms in total. The van der Waals surface area contributed by atoms with E-state index in [-0.39, 0.29) is 17.2 Å². The summed E-state index contributed by atoms with van der Waals surface area (Å²) in [5, 5.41) is 2.71. The molecule has 0 aliphatic heterocycles.